The van der Waals surface area contributed by atoms with Crippen molar-refractivity contribution >= 4 is 39.3 Å². The number of hydrogen-bond donors (Lipinski definition) is 0. The fourth-order valence-electron chi connectivity index (χ4n) is 1.23. The van der Waals surface area contributed by atoms with Gasteiger partial charge in [0.1, 0.15) is 5.82 Å². The van der Waals surface area contributed by atoms with Crippen LogP contribution >= 0.6 is 39.3 Å². The van der Waals surface area contributed by atoms with Gasteiger partial charge in [0.15, 0.2) is 0 Å². The minimum absolute atomic E-state index is 0.456. The second-order valence-electron chi connectivity index (χ2n) is 3.36. The number of hydrogen-bond acceptors (Lipinski definition) is 3. The SMILES string of the molecule is ClCc1cnc(CSc2ccccc2Br)nc1. The minimum atomic E-state index is 0.456. The zero-order valence-corrected chi connectivity index (χ0v) is 12.1. The molecule has 1 aromatic heterocycles. The van der Waals surface area contributed by atoms with Crippen molar-refractivity contribution in [3.05, 3.63) is 52.5 Å². The third kappa shape index (κ3) is 3.69. The summed E-state index contributed by atoms with van der Waals surface area (Å²) in [5.74, 6) is 2.03. The smallest absolute Gasteiger partial charge is 0.138 e. The summed E-state index contributed by atoms with van der Waals surface area (Å²) in [5, 5.41) is 0. The molecular weight excluding hydrogens is 320 g/mol. The Morgan fingerprint density at radius 2 is 1.88 bits per heavy atom. The first-order valence-electron chi connectivity index (χ1n) is 5.02. The number of thioether (sulfide) groups is 1. The fraction of sp³-hybridized carbons (Fsp3) is 0.167. The van der Waals surface area contributed by atoms with E-state index in [0.29, 0.717) is 5.88 Å². The Hall–Kier alpha value is -0.580. The van der Waals surface area contributed by atoms with Crippen LogP contribution in [0.15, 0.2) is 46.0 Å². The lowest BCUT2D eigenvalue weighted by Crippen LogP contribution is -1.93. The van der Waals surface area contributed by atoms with E-state index in [-0.39, 0.29) is 0 Å². The molecule has 0 aliphatic heterocycles. The molecule has 0 radical (unpaired) electrons. The quantitative estimate of drug-likeness (QED) is 0.619. The monoisotopic (exact) mass is 328 g/mol. The molecule has 0 aliphatic carbocycles. The predicted molar refractivity (Wildman–Crippen MR) is 75.3 cm³/mol. The Labute approximate surface area is 118 Å². The summed E-state index contributed by atoms with van der Waals surface area (Å²) in [7, 11) is 0. The number of rotatable bonds is 4. The van der Waals surface area contributed by atoms with E-state index >= 15 is 0 Å². The Balaban J connectivity index is 2.00. The van der Waals surface area contributed by atoms with E-state index in [1.54, 1.807) is 24.2 Å². The first-order chi connectivity index (χ1) is 8.29. The molecule has 0 atom stereocenters. The molecule has 0 aliphatic rings. The lowest BCUT2D eigenvalue weighted by atomic mass is 10.4. The Kier molecular flexibility index (Phi) is 4.83. The number of alkyl halides is 1. The molecule has 1 aromatic carbocycles. The topological polar surface area (TPSA) is 25.8 Å². The predicted octanol–water partition coefficient (Wildman–Crippen LogP) is 4.27. The Morgan fingerprint density at radius 1 is 1.18 bits per heavy atom. The van der Waals surface area contributed by atoms with Crippen LogP contribution < -0.4 is 0 Å². The molecule has 0 saturated carbocycles. The summed E-state index contributed by atoms with van der Waals surface area (Å²) in [6.45, 7) is 0. The van der Waals surface area contributed by atoms with Crippen LogP contribution in [0.3, 0.4) is 0 Å². The van der Waals surface area contributed by atoms with Gasteiger partial charge in [0, 0.05) is 27.3 Å². The molecule has 88 valence electrons. The molecule has 0 amide bonds. The van der Waals surface area contributed by atoms with E-state index in [9.17, 15) is 0 Å². The van der Waals surface area contributed by atoms with E-state index in [2.05, 4.69) is 32.0 Å². The van der Waals surface area contributed by atoms with Crippen LogP contribution in [0.2, 0.25) is 0 Å². The van der Waals surface area contributed by atoms with Crippen LogP contribution in [0.4, 0.5) is 0 Å². The zero-order valence-electron chi connectivity index (χ0n) is 8.94. The molecular formula is C12H10BrClN2S. The highest BCUT2D eigenvalue weighted by Crippen LogP contribution is 2.28. The third-order valence-corrected chi connectivity index (χ3v) is 4.44. The molecule has 0 spiro atoms. The fourth-order valence-corrected chi connectivity index (χ4v) is 2.81. The van der Waals surface area contributed by atoms with E-state index in [1.807, 2.05) is 18.2 Å². The number of halogens is 2. The molecule has 2 rings (SSSR count). The van der Waals surface area contributed by atoms with E-state index < -0.39 is 0 Å². The third-order valence-electron chi connectivity index (χ3n) is 2.11. The van der Waals surface area contributed by atoms with E-state index in [1.165, 1.54) is 4.90 Å². The van der Waals surface area contributed by atoms with Gasteiger partial charge in [-0.2, -0.15) is 0 Å². The van der Waals surface area contributed by atoms with Crippen LogP contribution in [-0.4, -0.2) is 9.97 Å². The van der Waals surface area contributed by atoms with Gasteiger partial charge < -0.3 is 0 Å². The molecule has 5 heteroatoms. The highest BCUT2D eigenvalue weighted by Gasteiger charge is 2.02. The standard InChI is InChI=1S/C12H10BrClN2S/c13-10-3-1-2-4-11(10)17-8-12-15-6-9(5-14)7-16-12/h1-4,6-7H,5,8H2. The van der Waals surface area contributed by atoms with E-state index in [0.717, 1.165) is 21.6 Å². The second kappa shape index (κ2) is 6.38. The van der Waals surface area contributed by atoms with Crippen molar-refractivity contribution in [2.75, 3.05) is 0 Å². The van der Waals surface area contributed by atoms with Crippen LogP contribution in [0.25, 0.3) is 0 Å². The number of nitrogens with zero attached hydrogens (tertiary/aromatic N) is 2. The maximum absolute atomic E-state index is 5.68. The summed E-state index contributed by atoms with van der Waals surface area (Å²) in [4.78, 5) is 9.72. The molecule has 0 bridgehead atoms. The van der Waals surface area contributed by atoms with Crippen molar-refractivity contribution in [1.29, 1.82) is 0 Å². The summed E-state index contributed by atoms with van der Waals surface area (Å²) in [6, 6.07) is 8.12. The van der Waals surface area contributed by atoms with Gasteiger partial charge in [0.25, 0.3) is 0 Å². The van der Waals surface area contributed by atoms with Gasteiger partial charge in [-0.3, -0.25) is 0 Å². The summed E-state index contributed by atoms with van der Waals surface area (Å²) in [5.41, 5.74) is 0.946. The van der Waals surface area contributed by atoms with Crippen molar-refractivity contribution < 1.29 is 0 Å². The summed E-state index contributed by atoms with van der Waals surface area (Å²) >= 11 is 10.9. The van der Waals surface area contributed by atoms with E-state index in [4.69, 9.17) is 11.6 Å². The molecule has 0 saturated heterocycles. The van der Waals surface area contributed by atoms with Gasteiger partial charge in [-0.25, -0.2) is 9.97 Å². The average molecular weight is 330 g/mol. The maximum atomic E-state index is 5.68. The van der Waals surface area contributed by atoms with Crippen molar-refractivity contribution in [2.45, 2.75) is 16.5 Å². The lowest BCUT2D eigenvalue weighted by Gasteiger charge is -2.03. The molecule has 0 N–H and O–H groups in total. The molecule has 2 aromatic rings. The van der Waals surface area contributed by atoms with Crippen molar-refractivity contribution in [3.8, 4) is 0 Å². The van der Waals surface area contributed by atoms with Gasteiger partial charge in [-0.15, -0.1) is 23.4 Å². The van der Waals surface area contributed by atoms with Crippen molar-refractivity contribution in [3.63, 3.8) is 0 Å². The van der Waals surface area contributed by atoms with Crippen molar-refractivity contribution in [2.24, 2.45) is 0 Å². The second-order valence-corrected chi connectivity index (χ2v) is 5.50. The molecule has 1 heterocycles. The maximum Gasteiger partial charge on any atom is 0.138 e. The van der Waals surface area contributed by atoms with Gasteiger partial charge in [-0.05, 0) is 28.1 Å². The first-order valence-corrected chi connectivity index (χ1v) is 7.34. The average Bonchev–Trinajstić information content (AvgIpc) is 2.38. The van der Waals surface area contributed by atoms with Crippen LogP contribution in [0.5, 0.6) is 0 Å². The normalized spacial score (nSPS) is 10.5. The number of aromatic nitrogens is 2. The first kappa shape index (κ1) is 12.9. The highest BCUT2D eigenvalue weighted by atomic mass is 79.9. The summed E-state index contributed by atoms with van der Waals surface area (Å²) < 4.78 is 1.10. The van der Waals surface area contributed by atoms with Crippen LogP contribution in [-0.2, 0) is 11.6 Å². The van der Waals surface area contributed by atoms with Gasteiger partial charge in [0.05, 0.1) is 11.6 Å². The van der Waals surface area contributed by atoms with Gasteiger partial charge in [-0.1, -0.05) is 12.1 Å². The largest absolute Gasteiger partial charge is 0.240 e. The Bertz CT molecular complexity index is 490. The lowest BCUT2D eigenvalue weighted by molar-refractivity contribution is 1.01. The Morgan fingerprint density at radius 3 is 2.53 bits per heavy atom. The molecule has 2 nitrogen and oxygen atoms in total. The molecule has 0 fully saturated rings. The molecule has 0 unspecified atom stereocenters. The van der Waals surface area contributed by atoms with Crippen LogP contribution in [0.1, 0.15) is 11.4 Å². The van der Waals surface area contributed by atoms with Gasteiger partial charge in [0.2, 0.25) is 0 Å². The zero-order chi connectivity index (χ0) is 12.1. The van der Waals surface area contributed by atoms with Crippen LogP contribution in [0, 0.1) is 0 Å². The highest BCUT2D eigenvalue weighted by molar-refractivity contribution is 9.10. The summed E-state index contributed by atoms with van der Waals surface area (Å²) in [6.07, 6.45) is 3.55. The minimum Gasteiger partial charge on any atom is -0.240 e. The van der Waals surface area contributed by atoms with Crippen molar-refractivity contribution in [1.82, 2.24) is 9.97 Å². The number of benzene rings is 1. The molecule has 17 heavy (non-hydrogen) atoms. The van der Waals surface area contributed by atoms with Gasteiger partial charge >= 0.3 is 0 Å².